The second-order valence-corrected chi connectivity index (χ2v) is 7.16. The summed E-state index contributed by atoms with van der Waals surface area (Å²) in [4.78, 5) is 29.4. The standard InChI is InChI=1S/C19H30N4O2/c1-14-10-18(21(3)4)7-6-17(14)11-20-19(25)22(5)12-16-8-9-23(13-16)15(2)24/h6-7,10,16H,8-9,11-13H2,1-5H3,(H,20,25)/t16-/m0/s1. The Morgan fingerprint density at radius 1 is 1.28 bits per heavy atom. The molecule has 0 bridgehead atoms. The van der Waals surface area contributed by atoms with Crippen LogP contribution in [-0.4, -0.2) is 62.5 Å². The molecule has 0 unspecified atom stereocenters. The fraction of sp³-hybridized carbons (Fsp3) is 0.579. The fourth-order valence-electron chi connectivity index (χ4n) is 3.20. The number of rotatable bonds is 5. The summed E-state index contributed by atoms with van der Waals surface area (Å²) >= 11 is 0. The molecule has 6 nitrogen and oxygen atoms in total. The van der Waals surface area contributed by atoms with Crippen molar-refractivity contribution in [2.24, 2.45) is 5.92 Å². The predicted octanol–water partition coefficient (Wildman–Crippen LogP) is 2.07. The Kier molecular flexibility index (Phi) is 6.28. The van der Waals surface area contributed by atoms with Gasteiger partial charge in [0.25, 0.3) is 0 Å². The van der Waals surface area contributed by atoms with Gasteiger partial charge in [-0.1, -0.05) is 6.07 Å². The Morgan fingerprint density at radius 2 is 2.00 bits per heavy atom. The van der Waals surface area contributed by atoms with E-state index in [1.165, 1.54) is 5.56 Å². The average molecular weight is 346 g/mol. The minimum absolute atomic E-state index is 0.0719. The minimum atomic E-state index is -0.0719. The van der Waals surface area contributed by atoms with Crippen LogP contribution in [0.2, 0.25) is 0 Å². The van der Waals surface area contributed by atoms with Crippen molar-refractivity contribution in [1.29, 1.82) is 0 Å². The molecule has 1 fully saturated rings. The first-order chi connectivity index (χ1) is 11.8. The van der Waals surface area contributed by atoms with Gasteiger partial charge in [-0.2, -0.15) is 0 Å². The molecular formula is C19H30N4O2. The molecule has 1 atom stereocenters. The van der Waals surface area contributed by atoms with Crippen LogP contribution < -0.4 is 10.2 Å². The number of anilines is 1. The van der Waals surface area contributed by atoms with E-state index in [1.807, 2.05) is 26.0 Å². The van der Waals surface area contributed by atoms with Crippen LogP contribution >= 0.6 is 0 Å². The Bertz CT molecular complexity index is 630. The number of likely N-dealkylation sites (tertiary alicyclic amines) is 1. The van der Waals surface area contributed by atoms with E-state index in [2.05, 4.69) is 35.3 Å². The monoisotopic (exact) mass is 346 g/mol. The smallest absolute Gasteiger partial charge is 0.317 e. The Hall–Kier alpha value is -2.24. The van der Waals surface area contributed by atoms with E-state index in [4.69, 9.17) is 0 Å². The third-order valence-electron chi connectivity index (χ3n) is 4.88. The maximum atomic E-state index is 12.3. The van der Waals surface area contributed by atoms with Crippen molar-refractivity contribution < 1.29 is 9.59 Å². The SMILES string of the molecule is CC(=O)N1CC[C@@H](CN(C)C(=O)NCc2ccc(N(C)C)cc2C)C1. The summed E-state index contributed by atoms with van der Waals surface area (Å²) in [6.45, 7) is 6.40. The second-order valence-electron chi connectivity index (χ2n) is 7.16. The normalized spacial score (nSPS) is 16.7. The van der Waals surface area contributed by atoms with Crippen molar-refractivity contribution in [3.63, 3.8) is 0 Å². The Labute approximate surface area is 150 Å². The molecule has 1 aromatic rings. The molecule has 1 aliphatic rings. The Balaban J connectivity index is 1.83. The highest BCUT2D eigenvalue weighted by molar-refractivity contribution is 5.74. The summed E-state index contributed by atoms with van der Waals surface area (Å²) in [5.41, 5.74) is 3.44. The van der Waals surface area contributed by atoms with Gasteiger partial charge in [-0.3, -0.25) is 4.79 Å². The van der Waals surface area contributed by atoms with Gasteiger partial charge in [-0.25, -0.2) is 4.79 Å². The van der Waals surface area contributed by atoms with Gasteiger partial charge in [-0.05, 0) is 42.5 Å². The van der Waals surface area contributed by atoms with Crippen LogP contribution in [0.4, 0.5) is 10.5 Å². The summed E-state index contributed by atoms with van der Waals surface area (Å²) in [7, 11) is 5.84. The molecule has 3 amide bonds. The predicted molar refractivity (Wildman–Crippen MR) is 101 cm³/mol. The van der Waals surface area contributed by atoms with Gasteiger partial charge in [0, 0.05) is 59.9 Å². The van der Waals surface area contributed by atoms with Gasteiger partial charge in [0.05, 0.1) is 0 Å². The number of nitrogens with one attached hydrogen (secondary N) is 1. The first kappa shape index (κ1) is 19.1. The molecule has 1 aliphatic heterocycles. The molecule has 2 rings (SSSR count). The molecule has 1 aromatic carbocycles. The number of amides is 3. The molecule has 6 heteroatoms. The van der Waals surface area contributed by atoms with Crippen LogP contribution in [0.3, 0.4) is 0 Å². The molecule has 25 heavy (non-hydrogen) atoms. The van der Waals surface area contributed by atoms with Crippen LogP contribution in [0.1, 0.15) is 24.5 Å². The largest absolute Gasteiger partial charge is 0.378 e. The van der Waals surface area contributed by atoms with E-state index in [1.54, 1.807) is 11.8 Å². The van der Waals surface area contributed by atoms with E-state index < -0.39 is 0 Å². The van der Waals surface area contributed by atoms with E-state index >= 15 is 0 Å². The topological polar surface area (TPSA) is 55.9 Å². The van der Waals surface area contributed by atoms with Gasteiger partial charge < -0.3 is 20.0 Å². The summed E-state index contributed by atoms with van der Waals surface area (Å²) < 4.78 is 0. The van der Waals surface area contributed by atoms with Crippen LogP contribution in [0.15, 0.2) is 18.2 Å². The number of hydrogen-bond acceptors (Lipinski definition) is 3. The van der Waals surface area contributed by atoms with E-state index in [0.29, 0.717) is 19.0 Å². The lowest BCUT2D eigenvalue weighted by Crippen LogP contribution is -2.40. The molecule has 0 aromatic heterocycles. The lowest BCUT2D eigenvalue weighted by atomic mass is 10.1. The first-order valence-corrected chi connectivity index (χ1v) is 8.79. The molecule has 0 aliphatic carbocycles. The summed E-state index contributed by atoms with van der Waals surface area (Å²) in [5.74, 6) is 0.479. The summed E-state index contributed by atoms with van der Waals surface area (Å²) in [6.07, 6.45) is 0.961. The highest BCUT2D eigenvalue weighted by atomic mass is 16.2. The van der Waals surface area contributed by atoms with Crippen molar-refractivity contribution >= 4 is 17.6 Å². The number of carbonyl (C=O) groups excluding carboxylic acids is 2. The third-order valence-corrected chi connectivity index (χ3v) is 4.88. The second kappa shape index (κ2) is 8.23. The van der Waals surface area contributed by atoms with E-state index in [9.17, 15) is 9.59 Å². The first-order valence-electron chi connectivity index (χ1n) is 8.79. The van der Waals surface area contributed by atoms with E-state index in [-0.39, 0.29) is 11.9 Å². The highest BCUT2D eigenvalue weighted by Crippen LogP contribution is 2.18. The number of nitrogens with zero attached hydrogens (tertiary/aromatic N) is 3. The van der Waals surface area contributed by atoms with Crippen molar-refractivity contribution in [2.45, 2.75) is 26.8 Å². The van der Waals surface area contributed by atoms with Crippen LogP contribution in [0.5, 0.6) is 0 Å². The minimum Gasteiger partial charge on any atom is -0.378 e. The zero-order valence-corrected chi connectivity index (χ0v) is 16.0. The average Bonchev–Trinajstić information content (AvgIpc) is 3.01. The third kappa shape index (κ3) is 5.11. The van der Waals surface area contributed by atoms with Crippen LogP contribution in [0, 0.1) is 12.8 Å². The van der Waals surface area contributed by atoms with Crippen LogP contribution in [0.25, 0.3) is 0 Å². The van der Waals surface area contributed by atoms with E-state index in [0.717, 1.165) is 30.8 Å². The number of benzene rings is 1. The lowest BCUT2D eigenvalue weighted by Gasteiger charge is -2.22. The number of hydrogen-bond donors (Lipinski definition) is 1. The molecule has 1 N–H and O–H groups in total. The van der Waals surface area contributed by atoms with Crippen molar-refractivity contribution in [3.8, 4) is 0 Å². The number of aryl methyl sites for hydroxylation is 1. The molecular weight excluding hydrogens is 316 g/mol. The highest BCUT2D eigenvalue weighted by Gasteiger charge is 2.26. The van der Waals surface area contributed by atoms with Gasteiger partial charge >= 0.3 is 6.03 Å². The van der Waals surface area contributed by atoms with Crippen LogP contribution in [-0.2, 0) is 11.3 Å². The molecule has 0 radical (unpaired) electrons. The maximum absolute atomic E-state index is 12.3. The quantitative estimate of drug-likeness (QED) is 0.888. The maximum Gasteiger partial charge on any atom is 0.317 e. The zero-order chi connectivity index (χ0) is 18.6. The van der Waals surface area contributed by atoms with Gasteiger partial charge in [0.1, 0.15) is 0 Å². The van der Waals surface area contributed by atoms with Gasteiger partial charge in [-0.15, -0.1) is 0 Å². The molecule has 138 valence electrons. The molecule has 1 saturated heterocycles. The Morgan fingerprint density at radius 3 is 2.56 bits per heavy atom. The lowest BCUT2D eigenvalue weighted by molar-refractivity contribution is -0.127. The summed E-state index contributed by atoms with van der Waals surface area (Å²) in [6, 6.07) is 6.18. The van der Waals surface area contributed by atoms with Crippen molar-refractivity contribution in [2.75, 3.05) is 45.7 Å². The zero-order valence-electron chi connectivity index (χ0n) is 16.0. The number of urea groups is 1. The van der Waals surface area contributed by atoms with Crippen molar-refractivity contribution in [3.05, 3.63) is 29.3 Å². The fourth-order valence-corrected chi connectivity index (χ4v) is 3.20. The molecule has 0 spiro atoms. The van der Waals surface area contributed by atoms with Crippen molar-refractivity contribution in [1.82, 2.24) is 15.1 Å². The molecule has 0 saturated carbocycles. The number of carbonyl (C=O) groups is 2. The molecule has 1 heterocycles. The summed E-state index contributed by atoms with van der Waals surface area (Å²) in [5, 5.41) is 2.99. The van der Waals surface area contributed by atoms with Gasteiger partial charge in [0.2, 0.25) is 5.91 Å². The van der Waals surface area contributed by atoms with Gasteiger partial charge in [0.15, 0.2) is 0 Å².